The molecule has 1 saturated carbocycles. The lowest BCUT2D eigenvalue weighted by Crippen LogP contribution is -2.41. The normalized spacial score (nSPS) is 19.4. The van der Waals surface area contributed by atoms with E-state index in [0.717, 1.165) is 19.3 Å². The van der Waals surface area contributed by atoms with Crippen molar-refractivity contribution in [3.05, 3.63) is 54.1 Å². The summed E-state index contributed by atoms with van der Waals surface area (Å²) in [5.41, 5.74) is 0.790. The molecule has 3 rings (SSSR count). The number of nitrogens with one attached hydrogen (secondary N) is 2. The lowest BCUT2D eigenvalue weighted by atomic mass is 9.86. The molecule has 0 radical (unpaired) electrons. The van der Waals surface area contributed by atoms with E-state index in [4.69, 9.17) is 4.74 Å². The van der Waals surface area contributed by atoms with Crippen LogP contribution in [-0.4, -0.2) is 27.0 Å². The van der Waals surface area contributed by atoms with Gasteiger partial charge in [0, 0.05) is 17.3 Å². The topological polar surface area (TPSA) is 84.5 Å². The zero-order chi connectivity index (χ0) is 20.9. The summed E-state index contributed by atoms with van der Waals surface area (Å²) in [5, 5.41) is 3.09. The molecular formula is C22H28N2O4S. The van der Waals surface area contributed by atoms with E-state index < -0.39 is 10.0 Å². The van der Waals surface area contributed by atoms with Gasteiger partial charge < -0.3 is 10.1 Å². The number of anilines is 1. The van der Waals surface area contributed by atoms with Crippen LogP contribution in [-0.2, 0) is 10.0 Å². The van der Waals surface area contributed by atoms with Gasteiger partial charge in [-0.15, -0.1) is 0 Å². The Morgan fingerprint density at radius 2 is 1.83 bits per heavy atom. The minimum Gasteiger partial charge on any atom is -0.494 e. The molecule has 0 aliphatic heterocycles. The zero-order valence-electron chi connectivity index (χ0n) is 16.9. The summed E-state index contributed by atoms with van der Waals surface area (Å²) in [6.45, 7) is 4.54. The quantitative estimate of drug-likeness (QED) is 0.709. The van der Waals surface area contributed by atoms with Crippen molar-refractivity contribution in [3.63, 3.8) is 0 Å². The van der Waals surface area contributed by atoms with Crippen LogP contribution in [0.2, 0.25) is 0 Å². The second-order valence-corrected chi connectivity index (χ2v) is 9.11. The minimum atomic E-state index is -3.76. The fourth-order valence-electron chi connectivity index (χ4n) is 3.60. The van der Waals surface area contributed by atoms with Crippen molar-refractivity contribution >= 4 is 21.6 Å². The first-order valence-electron chi connectivity index (χ1n) is 10.1. The minimum absolute atomic E-state index is 0.131. The van der Waals surface area contributed by atoms with Gasteiger partial charge in [-0.05, 0) is 68.1 Å². The van der Waals surface area contributed by atoms with Gasteiger partial charge in [-0.2, -0.15) is 0 Å². The van der Waals surface area contributed by atoms with Crippen LogP contribution in [0.3, 0.4) is 0 Å². The van der Waals surface area contributed by atoms with Gasteiger partial charge in [0.15, 0.2) is 0 Å². The van der Waals surface area contributed by atoms with Crippen molar-refractivity contribution in [1.82, 2.24) is 5.32 Å². The Hall–Kier alpha value is -2.54. The van der Waals surface area contributed by atoms with Gasteiger partial charge in [0.2, 0.25) is 0 Å². The predicted molar refractivity (Wildman–Crippen MR) is 114 cm³/mol. The van der Waals surface area contributed by atoms with Crippen molar-refractivity contribution in [1.29, 1.82) is 0 Å². The van der Waals surface area contributed by atoms with Crippen molar-refractivity contribution in [2.45, 2.75) is 50.5 Å². The molecule has 7 heteroatoms. The summed E-state index contributed by atoms with van der Waals surface area (Å²) in [6.07, 6.45) is 4.43. The van der Waals surface area contributed by atoms with Gasteiger partial charge in [0.25, 0.3) is 15.9 Å². The number of rotatable bonds is 7. The molecule has 2 aromatic rings. The summed E-state index contributed by atoms with van der Waals surface area (Å²) >= 11 is 0. The molecule has 2 aromatic carbocycles. The van der Waals surface area contributed by atoms with Gasteiger partial charge in [0.05, 0.1) is 11.5 Å². The van der Waals surface area contributed by atoms with E-state index in [0.29, 0.717) is 29.5 Å². The van der Waals surface area contributed by atoms with E-state index in [1.807, 2.05) is 6.92 Å². The number of hydrogen-bond donors (Lipinski definition) is 2. The predicted octanol–water partition coefficient (Wildman–Crippen LogP) is 4.19. The zero-order valence-corrected chi connectivity index (χ0v) is 17.7. The Kier molecular flexibility index (Phi) is 6.79. The lowest BCUT2D eigenvalue weighted by Gasteiger charge is -2.29. The van der Waals surface area contributed by atoms with E-state index in [2.05, 4.69) is 17.0 Å². The average molecular weight is 417 g/mol. The molecule has 0 aromatic heterocycles. The monoisotopic (exact) mass is 416 g/mol. The number of benzene rings is 2. The number of hydrogen-bond acceptors (Lipinski definition) is 4. The van der Waals surface area contributed by atoms with E-state index in [1.54, 1.807) is 36.4 Å². The van der Waals surface area contributed by atoms with Crippen LogP contribution in [0.4, 0.5) is 5.69 Å². The number of carbonyl (C=O) groups is 1. The second kappa shape index (κ2) is 9.31. The molecule has 156 valence electrons. The SMILES string of the molecule is CCOc1ccc(S(=O)(=O)Nc2cccc(C(=O)N[C@@H]3CCCC[C@@H]3C)c2)cc1. The van der Waals surface area contributed by atoms with Gasteiger partial charge in [-0.25, -0.2) is 8.42 Å². The van der Waals surface area contributed by atoms with Crippen LogP contribution in [0.5, 0.6) is 5.75 Å². The summed E-state index contributed by atoms with van der Waals surface area (Å²) in [6, 6.07) is 13.0. The van der Waals surface area contributed by atoms with Crippen LogP contribution >= 0.6 is 0 Å². The summed E-state index contributed by atoms with van der Waals surface area (Å²) in [4.78, 5) is 12.8. The molecule has 2 N–H and O–H groups in total. The van der Waals surface area contributed by atoms with E-state index in [1.165, 1.54) is 18.6 Å². The number of carbonyl (C=O) groups excluding carboxylic acids is 1. The molecule has 1 fully saturated rings. The molecule has 1 aliphatic rings. The van der Waals surface area contributed by atoms with E-state index >= 15 is 0 Å². The van der Waals surface area contributed by atoms with Crippen LogP contribution in [0.25, 0.3) is 0 Å². The first-order valence-corrected chi connectivity index (χ1v) is 11.5. The number of amides is 1. The summed E-state index contributed by atoms with van der Waals surface area (Å²) in [7, 11) is -3.76. The summed E-state index contributed by atoms with van der Waals surface area (Å²) in [5.74, 6) is 0.891. The van der Waals surface area contributed by atoms with Gasteiger partial charge in [-0.1, -0.05) is 25.8 Å². The van der Waals surface area contributed by atoms with Crippen molar-refractivity contribution in [2.75, 3.05) is 11.3 Å². The standard InChI is InChI=1S/C22H28N2O4S/c1-3-28-19-11-13-20(14-12-19)29(26,27)24-18-9-6-8-17(15-18)22(25)23-21-10-5-4-7-16(21)2/h6,8-9,11-16,21,24H,3-5,7,10H2,1-2H3,(H,23,25)/t16-,21+/m0/s1. The van der Waals surface area contributed by atoms with Gasteiger partial charge in [-0.3, -0.25) is 9.52 Å². The maximum atomic E-state index is 12.7. The summed E-state index contributed by atoms with van der Waals surface area (Å²) < 4.78 is 33.2. The first-order chi connectivity index (χ1) is 13.9. The maximum absolute atomic E-state index is 12.7. The molecule has 0 spiro atoms. The molecule has 0 saturated heterocycles. The number of sulfonamides is 1. The Balaban J connectivity index is 1.70. The first kappa shape index (κ1) is 21.2. The highest BCUT2D eigenvalue weighted by atomic mass is 32.2. The average Bonchev–Trinajstić information content (AvgIpc) is 2.70. The Labute approximate surface area is 172 Å². The second-order valence-electron chi connectivity index (χ2n) is 7.43. The highest BCUT2D eigenvalue weighted by Gasteiger charge is 2.23. The van der Waals surface area contributed by atoms with Crippen molar-refractivity contribution in [3.8, 4) is 5.75 Å². The Bertz CT molecular complexity index is 942. The fraction of sp³-hybridized carbons (Fsp3) is 0.409. The van der Waals surface area contributed by atoms with Crippen LogP contribution in [0.1, 0.15) is 49.9 Å². The highest BCUT2D eigenvalue weighted by Crippen LogP contribution is 2.24. The van der Waals surface area contributed by atoms with E-state index in [-0.39, 0.29) is 16.8 Å². The maximum Gasteiger partial charge on any atom is 0.261 e. The van der Waals surface area contributed by atoms with Gasteiger partial charge >= 0.3 is 0 Å². The third-order valence-corrected chi connectivity index (χ3v) is 6.65. The molecule has 0 unspecified atom stereocenters. The molecule has 2 atom stereocenters. The molecule has 0 bridgehead atoms. The van der Waals surface area contributed by atoms with Gasteiger partial charge in [0.1, 0.15) is 5.75 Å². The lowest BCUT2D eigenvalue weighted by molar-refractivity contribution is 0.0910. The Morgan fingerprint density at radius 1 is 1.10 bits per heavy atom. The molecule has 1 amide bonds. The third-order valence-electron chi connectivity index (χ3n) is 5.25. The molecule has 1 aliphatic carbocycles. The molecule has 29 heavy (non-hydrogen) atoms. The van der Waals surface area contributed by atoms with Crippen LogP contribution in [0.15, 0.2) is 53.4 Å². The highest BCUT2D eigenvalue weighted by molar-refractivity contribution is 7.92. The fourth-order valence-corrected chi connectivity index (χ4v) is 4.65. The Morgan fingerprint density at radius 3 is 2.52 bits per heavy atom. The molecule has 6 nitrogen and oxygen atoms in total. The molecular weight excluding hydrogens is 388 g/mol. The van der Waals surface area contributed by atoms with E-state index in [9.17, 15) is 13.2 Å². The molecule has 0 heterocycles. The van der Waals surface area contributed by atoms with Crippen LogP contribution < -0.4 is 14.8 Å². The van der Waals surface area contributed by atoms with Crippen LogP contribution in [0, 0.1) is 5.92 Å². The largest absolute Gasteiger partial charge is 0.494 e. The smallest absolute Gasteiger partial charge is 0.261 e. The number of ether oxygens (including phenoxy) is 1. The third kappa shape index (κ3) is 5.50. The van der Waals surface area contributed by atoms with Crippen molar-refractivity contribution < 1.29 is 17.9 Å². The van der Waals surface area contributed by atoms with Crippen molar-refractivity contribution in [2.24, 2.45) is 5.92 Å².